The summed E-state index contributed by atoms with van der Waals surface area (Å²) >= 11 is 0. The second kappa shape index (κ2) is 4.04. The number of nitrogens with one attached hydrogen (secondary N) is 2. The van der Waals surface area contributed by atoms with Crippen molar-refractivity contribution in [3.05, 3.63) is 29.6 Å². The van der Waals surface area contributed by atoms with Crippen molar-refractivity contribution >= 4 is 0 Å². The van der Waals surface area contributed by atoms with Crippen LogP contribution in [0, 0.1) is 0 Å². The Balaban J connectivity index is 2.77. The Bertz CT molecular complexity index is 246. The topological polar surface area (TPSA) is 66.7 Å². The molecule has 1 rings (SSSR count). The zero-order valence-electron chi connectivity index (χ0n) is 7.33. The lowest BCUT2D eigenvalue weighted by Gasteiger charge is -2.08. The van der Waals surface area contributed by atoms with Gasteiger partial charge in [0.05, 0.1) is 12.2 Å². The highest BCUT2D eigenvalue weighted by atomic mass is 15.2. The molecule has 0 saturated heterocycles. The van der Waals surface area contributed by atoms with Crippen LogP contribution in [0.2, 0.25) is 0 Å². The summed E-state index contributed by atoms with van der Waals surface area (Å²) in [4.78, 5) is 0. The Morgan fingerprint density at radius 3 is 2.92 bits per heavy atom. The first-order valence-electron chi connectivity index (χ1n) is 3.84. The molecule has 0 amide bonds. The molecule has 0 aliphatic rings. The summed E-state index contributed by atoms with van der Waals surface area (Å²) in [7, 11) is 0. The lowest BCUT2D eigenvalue weighted by atomic mass is 10.1. The number of nitrogens with zero attached hydrogens (tertiary/aromatic N) is 1. The van der Waals surface area contributed by atoms with E-state index < -0.39 is 0 Å². The summed E-state index contributed by atoms with van der Waals surface area (Å²) in [6.45, 7) is 4.06. The normalized spacial score (nSPS) is 12.6. The summed E-state index contributed by atoms with van der Waals surface area (Å²) in [6, 6.07) is 0.0498. The van der Waals surface area contributed by atoms with Gasteiger partial charge in [-0.3, -0.25) is 10.9 Å². The minimum absolute atomic E-state index is 0.0498. The van der Waals surface area contributed by atoms with Crippen molar-refractivity contribution in [2.75, 3.05) is 0 Å². The lowest BCUT2D eigenvalue weighted by Crippen LogP contribution is -2.26. The number of H-pyrrole nitrogens is 1. The molecule has 1 atom stereocenters. The Kier molecular flexibility index (Phi) is 3.01. The third-order valence-corrected chi connectivity index (χ3v) is 1.56. The fourth-order valence-corrected chi connectivity index (χ4v) is 1.00. The van der Waals surface area contributed by atoms with Crippen molar-refractivity contribution in [2.24, 2.45) is 5.84 Å². The molecule has 1 heterocycles. The first kappa shape index (κ1) is 8.96. The van der Waals surface area contributed by atoms with Gasteiger partial charge in [0.2, 0.25) is 0 Å². The van der Waals surface area contributed by atoms with Crippen LogP contribution in [0.25, 0.3) is 0 Å². The van der Waals surface area contributed by atoms with Gasteiger partial charge in [0.1, 0.15) is 0 Å². The molecule has 0 aliphatic carbocycles. The smallest absolute Gasteiger partial charge is 0.0673 e. The predicted octanol–water partition coefficient (Wildman–Crippen LogP) is 0.880. The molecule has 4 heteroatoms. The maximum absolute atomic E-state index is 5.38. The number of aromatic amines is 1. The number of aromatic nitrogens is 2. The van der Waals surface area contributed by atoms with Crippen molar-refractivity contribution in [3.63, 3.8) is 0 Å². The Labute approximate surface area is 71.8 Å². The second-order valence-electron chi connectivity index (χ2n) is 2.92. The summed E-state index contributed by atoms with van der Waals surface area (Å²) in [5, 5.41) is 6.59. The number of allylic oxidation sites excluding steroid dienone is 1. The van der Waals surface area contributed by atoms with Crippen LogP contribution in [0.1, 0.15) is 25.5 Å². The number of rotatable bonds is 3. The second-order valence-corrected chi connectivity index (χ2v) is 2.92. The molecule has 0 fully saturated rings. The third kappa shape index (κ3) is 2.18. The number of hydrazine groups is 1. The summed E-state index contributed by atoms with van der Waals surface area (Å²) in [5.74, 6) is 5.38. The van der Waals surface area contributed by atoms with Gasteiger partial charge in [0.15, 0.2) is 0 Å². The van der Waals surface area contributed by atoms with Gasteiger partial charge in [-0.05, 0) is 13.8 Å². The molecule has 0 saturated carbocycles. The van der Waals surface area contributed by atoms with Crippen LogP contribution < -0.4 is 11.3 Å². The molecular formula is C8H14N4. The van der Waals surface area contributed by atoms with E-state index in [0.717, 1.165) is 5.56 Å². The quantitative estimate of drug-likeness (QED) is 0.355. The van der Waals surface area contributed by atoms with E-state index in [1.54, 1.807) is 6.20 Å². The van der Waals surface area contributed by atoms with Gasteiger partial charge in [-0.25, -0.2) is 5.43 Å². The van der Waals surface area contributed by atoms with E-state index in [1.807, 2.05) is 26.1 Å². The van der Waals surface area contributed by atoms with Crippen LogP contribution in [0.5, 0.6) is 0 Å². The van der Waals surface area contributed by atoms with E-state index in [4.69, 9.17) is 5.84 Å². The van der Waals surface area contributed by atoms with Crippen molar-refractivity contribution < 1.29 is 0 Å². The molecule has 1 aromatic heterocycles. The zero-order valence-corrected chi connectivity index (χ0v) is 7.33. The molecule has 0 aromatic carbocycles. The number of nitrogens with two attached hydrogens (primary N) is 1. The Morgan fingerprint density at radius 1 is 1.75 bits per heavy atom. The van der Waals surface area contributed by atoms with Gasteiger partial charge in [0, 0.05) is 11.8 Å². The van der Waals surface area contributed by atoms with Gasteiger partial charge in [-0.1, -0.05) is 11.6 Å². The minimum atomic E-state index is 0.0498. The van der Waals surface area contributed by atoms with Crippen molar-refractivity contribution in [2.45, 2.75) is 19.9 Å². The molecule has 1 aromatic rings. The molecule has 0 spiro atoms. The number of hydrogen-bond acceptors (Lipinski definition) is 3. The van der Waals surface area contributed by atoms with Crippen LogP contribution >= 0.6 is 0 Å². The zero-order chi connectivity index (χ0) is 8.97. The lowest BCUT2D eigenvalue weighted by molar-refractivity contribution is 0.652. The van der Waals surface area contributed by atoms with Crippen molar-refractivity contribution in [3.8, 4) is 0 Å². The van der Waals surface area contributed by atoms with E-state index >= 15 is 0 Å². The van der Waals surface area contributed by atoms with Crippen LogP contribution in [0.4, 0.5) is 0 Å². The summed E-state index contributed by atoms with van der Waals surface area (Å²) < 4.78 is 0. The van der Waals surface area contributed by atoms with Crippen LogP contribution in [-0.2, 0) is 0 Å². The molecule has 4 N–H and O–H groups in total. The fourth-order valence-electron chi connectivity index (χ4n) is 1.00. The van der Waals surface area contributed by atoms with Crippen LogP contribution in [0.15, 0.2) is 24.0 Å². The van der Waals surface area contributed by atoms with Gasteiger partial charge < -0.3 is 0 Å². The van der Waals surface area contributed by atoms with Crippen LogP contribution in [-0.4, -0.2) is 10.2 Å². The predicted molar refractivity (Wildman–Crippen MR) is 48.1 cm³/mol. The summed E-state index contributed by atoms with van der Waals surface area (Å²) in [6.07, 6.45) is 5.62. The van der Waals surface area contributed by atoms with Gasteiger partial charge >= 0.3 is 0 Å². The molecule has 0 aliphatic heterocycles. The molecule has 1 unspecified atom stereocenters. The fraction of sp³-hybridized carbons (Fsp3) is 0.375. The van der Waals surface area contributed by atoms with Crippen molar-refractivity contribution in [1.29, 1.82) is 0 Å². The van der Waals surface area contributed by atoms with Crippen LogP contribution in [0.3, 0.4) is 0 Å². The Hall–Kier alpha value is -1.13. The highest BCUT2D eigenvalue weighted by Gasteiger charge is 2.05. The first-order chi connectivity index (χ1) is 5.74. The van der Waals surface area contributed by atoms with Gasteiger partial charge in [-0.15, -0.1) is 0 Å². The SMILES string of the molecule is CC(C)=CC(NN)c1cn[nH]c1. The highest BCUT2D eigenvalue weighted by Crippen LogP contribution is 2.12. The molecular weight excluding hydrogens is 152 g/mol. The monoisotopic (exact) mass is 166 g/mol. The van der Waals surface area contributed by atoms with E-state index in [2.05, 4.69) is 15.6 Å². The molecule has 4 nitrogen and oxygen atoms in total. The molecule has 66 valence electrons. The van der Waals surface area contributed by atoms with E-state index in [-0.39, 0.29) is 6.04 Å². The average molecular weight is 166 g/mol. The van der Waals surface area contributed by atoms with E-state index in [0.29, 0.717) is 0 Å². The minimum Gasteiger partial charge on any atom is -0.285 e. The van der Waals surface area contributed by atoms with Crippen molar-refractivity contribution in [1.82, 2.24) is 15.6 Å². The maximum Gasteiger partial charge on any atom is 0.0673 e. The average Bonchev–Trinajstić information content (AvgIpc) is 2.51. The molecule has 0 radical (unpaired) electrons. The maximum atomic E-state index is 5.38. The Morgan fingerprint density at radius 2 is 2.50 bits per heavy atom. The van der Waals surface area contributed by atoms with E-state index in [1.165, 1.54) is 5.57 Å². The summed E-state index contributed by atoms with van der Waals surface area (Å²) in [5.41, 5.74) is 4.96. The molecule has 12 heavy (non-hydrogen) atoms. The largest absolute Gasteiger partial charge is 0.285 e. The van der Waals surface area contributed by atoms with Gasteiger partial charge in [0.25, 0.3) is 0 Å². The third-order valence-electron chi connectivity index (χ3n) is 1.56. The van der Waals surface area contributed by atoms with Gasteiger partial charge in [-0.2, -0.15) is 5.10 Å². The standard InChI is InChI=1S/C8H14N4/c1-6(2)3-8(12-9)7-4-10-11-5-7/h3-5,8,12H,9H2,1-2H3,(H,10,11). The first-order valence-corrected chi connectivity index (χ1v) is 3.84. The van der Waals surface area contributed by atoms with E-state index in [9.17, 15) is 0 Å². The highest BCUT2D eigenvalue weighted by molar-refractivity contribution is 5.17. The number of hydrogen-bond donors (Lipinski definition) is 3. The molecule has 0 bridgehead atoms.